The number of carbonyl (C=O) groups excluding carboxylic acids is 1. The van der Waals surface area contributed by atoms with Crippen LogP contribution in [0, 0.1) is 0 Å². The monoisotopic (exact) mass is 187 g/mol. The Labute approximate surface area is 78.8 Å². The predicted molar refractivity (Wildman–Crippen MR) is 48.5 cm³/mol. The molecular weight excluding hydrogens is 170 g/mol. The second kappa shape index (κ2) is 5.19. The third-order valence-electron chi connectivity index (χ3n) is 1.82. The molecule has 0 amide bonds. The zero-order valence-electron chi connectivity index (χ0n) is 8.28. The van der Waals surface area contributed by atoms with Gasteiger partial charge in [-0.15, -0.1) is 0 Å². The zero-order valence-corrected chi connectivity index (χ0v) is 8.28. The molecule has 0 radical (unpaired) electrons. The molecule has 0 aromatic heterocycles. The lowest BCUT2D eigenvalue weighted by atomic mass is 10.4. The second-order valence-corrected chi connectivity index (χ2v) is 3.43. The van der Waals surface area contributed by atoms with Gasteiger partial charge < -0.3 is 9.47 Å². The van der Waals surface area contributed by atoms with Crippen LogP contribution in [0.25, 0.3) is 0 Å². The van der Waals surface area contributed by atoms with E-state index in [2.05, 4.69) is 0 Å². The molecule has 13 heavy (non-hydrogen) atoms. The van der Waals surface area contributed by atoms with Gasteiger partial charge in [-0.25, -0.2) is 0 Å². The first kappa shape index (κ1) is 10.5. The van der Waals surface area contributed by atoms with Gasteiger partial charge in [0.1, 0.15) is 0 Å². The van der Waals surface area contributed by atoms with Gasteiger partial charge in [-0.1, -0.05) is 0 Å². The van der Waals surface area contributed by atoms with Crippen LogP contribution in [0.1, 0.15) is 13.8 Å². The molecule has 1 aliphatic heterocycles. The van der Waals surface area contributed by atoms with Crippen LogP contribution in [-0.4, -0.2) is 49.8 Å². The standard InChI is InChI=1S/C9H17NO3/c1-8(2)13-9(11)7-10-3-5-12-6-4-10/h8H,3-7H2,1-2H3. The fourth-order valence-electron chi connectivity index (χ4n) is 1.24. The largest absolute Gasteiger partial charge is 0.462 e. The Balaban J connectivity index is 2.18. The van der Waals surface area contributed by atoms with Gasteiger partial charge in [0.2, 0.25) is 0 Å². The second-order valence-electron chi connectivity index (χ2n) is 3.43. The Hall–Kier alpha value is -0.610. The highest BCUT2D eigenvalue weighted by Gasteiger charge is 2.15. The molecule has 4 nitrogen and oxygen atoms in total. The van der Waals surface area contributed by atoms with Gasteiger partial charge in [-0.2, -0.15) is 0 Å². The van der Waals surface area contributed by atoms with E-state index in [9.17, 15) is 4.79 Å². The SMILES string of the molecule is CC(C)OC(=O)CN1CCOCC1. The lowest BCUT2D eigenvalue weighted by molar-refractivity contribution is -0.149. The topological polar surface area (TPSA) is 38.8 Å². The van der Waals surface area contributed by atoms with E-state index in [0.717, 1.165) is 26.3 Å². The molecule has 0 aromatic carbocycles. The molecule has 0 atom stereocenters. The summed E-state index contributed by atoms with van der Waals surface area (Å²) in [5.74, 6) is -0.142. The normalized spacial score (nSPS) is 19.0. The molecule has 1 saturated heterocycles. The molecule has 76 valence electrons. The number of carbonyl (C=O) groups is 1. The van der Waals surface area contributed by atoms with Crippen LogP contribution in [0.2, 0.25) is 0 Å². The van der Waals surface area contributed by atoms with Crippen molar-refractivity contribution in [1.29, 1.82) is 0 Å². The van der Waals surface area contributed by atoms with Gasteiger partial charge in [0.05, 0.1) is 25.9 Å². The lowest BCUT2D eigenvalue weighted by Crippen LogP contribution is -2.40. The van der Waals surface area contributed by atoms with Crippen LogP contribution >= 0.6 is 0 Å². The predicted octanol–water partition coefficient (Wildman–Crippen LogP) is 0.270. The van der Waals surface area contributed by atoms with Gasteiger partial charge in [-0.05, 0) is 13.8 Å². The van der Waals surface area contributed by atoms with E-state index in [-0.39, 0.29) is 12.1 Å². The highest BCUT2D eigenvalue weighted by molar-refractivity contribution is 5.71. The van der Waals surface area contributed by atoms with Crippen molar-refractivity contribution in [2.45, 2.75) is 20.0 Å². The van der Waals surface area contributed by atoms with Crippen LogP contribution in [0.5, 0.6) is 0 Å². The van der Waals surface area contributed by atoms with E-state index >= 15 is 0 Å². The quantitative estimate of drug-likeness (QED) is 0.594. The Morgan fingerprint density at radius 2 is 2.08 bits per heavy atom. The number of esters is 1. The maximum Gasteiger partial charge on any atom is 0.320 e. The third-order valence-corrected chi connectivity index (χ3v) is 1.82. The first-order valence-electron chi connectivity index (χ1n) is 4.68. The minimum atomic E-state index is -0.142. The number of hydrogen-bond donors (Lipinski definition) is 0. The average Bonchev–Trinajstić information content (AvgIpc) is 2.04. The van der Waals surface area contributed by atoms with Crippen molar-refractivity contribution in [3.05, 3.63) is 0 Å². The van der Waals surface area contributed by atoms with Gasteiger partial charge in [0, 0.05) is 13.1 Å². The van der Waals surface area contributed by atoms with Gasteiger partial charge in [0.25, 0.3) is 0 Å². The summed E-state index contributed by atoms with van der Waals surface area (Å²) in [6, 6.07) is 0. The minimum absolute atomic E-state index is 0.0199. The van der Waals surface area contributed by atoms with Crippen molar-refractivity contribution in [2.24, 2.45) is 0 Å². The van der Waals surface area contributed by atoms with Gasteiger partial charge >= 0.3 is 5.97 Å². The first-order valence-corrected chi connectivity index (χ1v) is 4.68. The molecule has 0 N–H and O–H groups in total. The lowest BCUT2D eigenvalue weighted by Gasteiger charge is -2.25. The maximum atomic E-state index is 11.2. The number of hydrogen-bond acceptors (Lipinski definition) is 4. The number of rotatable bonds is 3. The van der Waals surface area contributed by atoms with Gasteiger partial charge in [-0.3, -0.25) is 9.69 Å². The van der Waals surface area contributed by atoms with Crippen molar-refractivity contribution >= 4 is 5.97 Å². The summed E-state index contributed by atoms with van der Waals surface area (Å²) < 4.78 is 10.2. The Bertz CT molecular complexity index is 164. The molecule has 1 rings (SSSR count). The summed E-state index contributed by atoms with van der Waals surface area (Å²) >= 11 is 0. The van der Waals surface area contributed by atoms with Crippen molar-refractivity contribution in [3.63, 3.8) is 0 Å². The summed E-state index contributed by atoms with van der Waals surface area (Å²) in [4.78, 5) is 13.3. The van der Waals surface area contributed by atoms with E-state index in [1.54, 1.807) is 0 Å². The summed E-state index contributed by atoms with van der Waals surface area (Å²) in [6.45, 7) is 7.19. The average molecular weight is 187 g/mol. The van der Waals surface area contributed by atoms with Crippen molar-refractivity contribution in [3.8, 4) is 0 Å². The fourth-order valence-corrected chi connectivity index (χ4v) is 1.24. The minimum Gasteiger partial charge on any atom is -0.462 e. The molecule has 0 saturated carbocycles. The van der Waals surface area contributed by atoms with Crippen molar-refractivity contribution < 1.29 is 14.3 Å². The van der Waals surface area contributed by atoms with Crippen LogP contribution in [0.15, 0.2) is 0 Å². The molecule has 0 aromatic rings. The van der Waals surface area contributed by atoms with E-state index in [4.69, 9.17) is 9.47 Å². The van der Waals surface area contributed by atoms with Crippen LogP contribution in [-0.2, 0) is 14.3 Å². The number of morpholine rings is 1. The molecule has 4 heteroatoms. The first-order chi connectivity index (χ1) is 6.18. The molecule has 1 fully saturated rings. The Kier molecular flexibility index (Phi) is 4.18. The van der Waals surface area contributed by atoms with Crippen molar-refractivity contribution in [1.82, 2.24) is 4.90 Å². The van der Waals surface area contributed by atoms with E-state index in [0.29, 0.717) is 6.54 Å². The summed E-state index contributed by atoms with van der Waals surface area (Å²) in [5.41, 5.74) is 0. The molecule has 0 unspecified atom stereocenters. The Morgan fingerprint density at radius 1 is 1.46 bits per heavy atom. The number of ether oxygens (including phenoxy) is 2. The summed E-state index contributed by atoms with van der Waals surface area (Å²) in [7, 11) is 0. The molecule has 0 aliphatic carbocycles. The third kappa shape index (κ3) is 4.24. The van der Waals surface area contributed by atoms with Crippen LogP contribution in [0.3, 0.4) is 0 Å². The molecule has 0 spiro atoms. The summed E-state index contributed by atoms with van der Waals surface area (Å²) in [6.07, 6.45) is -0.0199. The molecule has 1 heterocycles. The van der Waals surface area contributed by atoms with Crippen LogP contribution in [0.4, 0.5) is 0 Å². The van der Waals surface area contributed by atoms with Gasteiger partial charge in [0.15, 0.2) is 0 Å². The van der Waals surface area contributed by atoms with Crippen molar-refractivity contribution in [2.75, 3.05) is 32.8 Å². The smallest absolute Gasteiger partial charge is 0.320 e. The van der Waals surface area contributed by atoms with E-state index < -0.39 is 0 Å². The zero-order chi connectivity index (χ0) is 9.68. The van der Waals surface area contributed by atoms with E-state index in [1.165, 1.54) is 0 Å². The van der Waals surface area contributed by atoms with Crippen LogP contribution < -0.4 is 0 Å². The summed E-state index contributed by atoms with van der Waals surface area (Å²) in [5, 5.41) is 0. The molecule has 0 bridgehead atoms. The highest BCUT2D eigenvalue weighted by Crippen LogP contribution is 1.98. The molecular formula is C9H17NO3. The number of nitrogens with zero attached hydrogens (tertiary/aromatic N) is 1. The molecule has 1 aliphatic rings. The van der Waals surface area contributed by atoms with E-state index in [1.807, 2.05) is 18.7 Å². The highest BCUT2D eigenvalue weighted by atomic mass is 16.5. The Morgan fingerprint density at radius 3 is 2.62 bits per heavy atom. The maximum absolute atomic E-state index is 11.2. The fraction of sp³-hybridized carbons (Fsp3) is 0.889.